The molecule has 0 saturated carbocycles. The molecule has 1 atom stereocenters. The van der Waals surface area contributed by atoms with Crippen molar-refractivity contribution in [2.75, 3.05) is 13.2 Å². The normalized spacial score (nSPS) is 13.0. The minimum Gasteiger partial charge on any atom is -0.462 e. The first kappa shape index (κ1) is 62.1. The van der Waals surface area contributed by atoms with Gasteiger partial charge in [0.1, 0.15) is 13.2 Å². The van der Waals surface area contributed by atoms with Crippen LogP contribution >= 0.6 is 0 Å². The Balaban J connectivity index is 4.51. The molecule has 0 N–H and O–H groups in total. The highest BCUT2D eigenvalue weighted by Crippen LogP contribution is 2.15. The topological polar surface area (TPSA) is 78.9 Å². The minimum atomic E-state index is -0.817. The van der Waals surface area contributed by atoms with Crippen molar-refractivity contribution in [3.8, 4) is 0 Å². The van der Waals surface area contributed by atoms with Crippen LogP contribution in [-0.2, 0) is 28.6 Å². The summed E-state index contributed by atoms with van der Waals surface area (Å²) < 4.78 is 16.7. The average molecular weight is 915 g/mol. The smallest absolute Gasteiger partial charge is 0.306 e. The lowest BCUT2D eigenvalue weighted by atomic mass is 10.0. The molecule has 0 aliphatic rings. The highest BCUT2D eigenvalue weighted by Gasteiger charge is 2.19. The summed E-state index contributed by atoms with van der Waals surface area (Å²) in [7, 11) is 0. The van der Waals surface area contributed by atoms with Crippen molar-refractivity contribution in [2.45, 2.75) is 239 Å². The molecular weight excluding hydrogens is 817 g/mol. The first-order valence-corrected chi connectivity index (χ1v) is 27.0. The minimum absolute atomic E-state index is 0.113. The van der Waals surface area contributed by atoms with Crippen molar-refractivity contribution in [3.05, 3.63) is 109 Å². The Kier molecular flexibility index (Phi) is 50.5. The average Bonchev–Trinajstić information content (AvgIpc) is 3.31. The Hall–Kier alpha value is -3.93. The van der Waals surface area contributed by atoms with E-state index in [1.165, 1.54) is 109 Å². The fourth-order valence-electron chi connectivity index (χ4n) is 7.19. The fraction of sp³-hybridized carbons (Fsp3) is 0.650. The monoisotopic (exact) mass is 915 g/mol. The molecule has 0 bridgehead atoms. The van der Waals surface area contributed by atoms with Gasteiger partial charge in [0.15, 0.2) is 6.10 Å². The molecular formula is C60H98O6. The Morgan fingerprint density at radius 1 is 0.318 bits per heavy atom. The van der Waals surface area contributed by atoms with E-state index in [0.717, 1.165) is 77.0 Å². The predicted molar refractivity (Wildman–Crippen MR) is 283 cm³/mol. The van der Waals surface area contributed by atoms with E-state index in [1.54, 1.807) is 0 Å². The fourth-order valence-corrected chi connectivity index (χ4v) is 7.19. The number of allylic oxidation sites excluding steroid dienone is 18. The summed E-state index contributed by atoms with van der Waals surface area (Å²) in [5, 5.41) is 0. The molecule has 0 heterocycles. The van der Waals surface area contributed by atoms with Crippen LogP contribution in [0.1, 0.15) is 233 Å². The Morgan fingerprint density at radius 2 is 0.606 bits per heavy atom. The van der Waals surface area contributed by atoms with Crippen LogP contribution < -0.4 is 0 Å². The molecule has 0 saturated heterocycles. The van der Waals surface area contributed by atoms with E-state index in [2.05, 4.69) is 75.5 Å². The molecule has 0 fully saturated rings. The summed E-state index contributed by atoms with van der Waals surface area (Å²) in [6, 6.07) is 0. The summed E-state index contributed by atoms with van der Waals surface area (Å²) in [4.78, 5) is 38.0. The summed E-state index contributed by atoms with van der Waals surface area (Å²) >= 11 is 0. The van der Waals surface area contributed by atoms with Gasteiger partial charge in [0.05, 0.1) is 0 Å². The highest BCUT2D eigenvalue weighted by molar-refractivity contribution is 5.71. The van der Waals surface area contributed by atoms with Gasteiger partial charge in [0.2, 0.25) is 0 Å². The second-order valence-electron chi connectivity index (χ2n) is 17.6. The molecule has 0 aliphatic carbocycles. The zero-order chi connectivity index (χ0) is 47.9. The van der Waals surface area contributed by atoms with E-state index >= 15 is 0 Å². The zero-order valence-electron chi connectivity index (χ0n) is 42.7. The Morgan fingerprint density at radius 3 is 1.02 bits per heavy atom. The van der Waals surface area contributed by atoms with Crippen LogP contribution in [0.2, 0.25) is 0 Å². The molecule has 6 nitrogen and oxygen atoms in total. The summed E-state index contributed by atoms with van der Waals surface area (Å²) in [6.45, 7) is 6.37. The third-order valence-corrected chi connectivity index (χ3v) is 11.2. The predicted octanol–water partition coefficient (Wildman–Crippen LogP) is 17.9. The lowest BCUT2D eigenvalue weighted by molar-refractivity contribution is -0.167. The summed E-state index contributed by atoms with van der Waals surface area (Å²) in [6.07, 6.45) is 72.2. The van der Waals surface area contributed by atoms with Crippen molar-refractivity contribution in [1.29, 1.82) is 0 Å². The van der Waals surface area contributed by atoms with Crippen LogP contribution in [0.25, 0.3) is 0 Å². The number of hydrogen-bond donors (Lipinski definition) is 0. The number of rotatable bonds is 47. The van der Waals surface area contributed by atoms with Crippen LogP contribution in [-0.4, -0.2) is 37.2 Å². The van der Waals surface area contributed by atoms with Gasteiger partial charge in [-0.2, -0.15) is 0 Å². The Labute approximate surface area is 406 Å². The van der Waals surface area contributed by atoms with Crippen molar-refractivity contribution in [2.24, 2.45) is 0 Å². The molecule has 66 heavy (non-hydrogen) atoms. The zero-order valence-corrected chi connectivity index (χ0v) is 42.7. The summed E-state index contributed by atoms with van der Waals surface area (Å²) in [5.74, 6) is -1.01. The molecule has 6 heteroatoms. The van der Waals surface area contributed by atoms with Gasteiger partial charge in [0, 0.05) is 19.3 Å². The van der Waals surface area contributed by atoms with Gasteiger partial charge >= 0.3 is 17.9 Å². The first-order valence-electron chi connectivity index (χ1n) is 27.0. The van der Waals surface area contributed by atoms with Gasteiger partial charge < -0.3 is 14.2 Å². The molecule has 0 spiro atoms. The van der Waals surface area contributed by atoms with Crippen molar-refractivity contribution < 1.29 is 28.6 Å². The Bertz CT molecular complexity index is 1370. The molecule has 374 valence electrons. The molecule has 1 unspecified atom stereocenters. The number of unbranched alkanes of at least 4 members (excludes halogenated alkanes) is 25. The van der Waals surface area contributed by atoms with Gasteiger partial charge in [-0.1, -0.05) is 265 Å². The van der Waals surface area contributed by atoms with Crippen LogP contribution in [0, 0.1) is 0 Å². The van der Waals surface area contributed by atoms with E-state index < -0.39 is 6.10 Å². The second kappa shape index (κ2) is 53.7. The van der Waals surface area contributed by atoms with E-state index in [9.17, 15) is 14.4 Å². The SMILES string of the molecule is CC/C=C/C=C/C=C/C=C/C=C/CCCC(=O)OCC(COC(=O)CCCCCCC/C=C/C=C/C=C/C=C/CCCCC)OC(=O)CCCCCCCCCCCCCCCCCCC. The maximum absolute atomic E-state index is 12.8. The van der Waals surface area contributed by atoms with Crippen LogP contribution in [0.15, 0.2) is 109 Å². The molecule has 0 amide bonds. The summed E-state index contributed by atoms with van der Waals surface area (Å²) in [5.41, 5.74) is 0. The molecule has 0 aliphatic heterocycles. The van der Waals surface area contributed by atoms with Crippen LogP contribution in [0.4, 0.5) is 0 Å². The maximum Gasteiger partial charge on any atom is 0.306 e. The van der Waals surface area contributed by atoms with Gasteiger partial charge in [0.25, 0.3) is 0 Å². The lowest BCUT2D eigenvalue weighted by Gasteiger charge is -2.18. The quantitative estimate of drug-likeness (QED) is 0.0262. The third-order valence-electron chi connectivity index (χ3n) is 11.2. The largest absolute Gasteiger partial charge is 0.462 e. The van der Waals surface area contributed by atoms with E-state index in [1.807, 2.05) is 54.7 Å². The van der Waals surface area contributed by atoms with Crippen molar-refractivity contribution >= 4 is 17.9 Å². The molecule has 0 aromatic carbocycles. The number of esters is 3. The van der Waals surface area contributed by atoms with Crippen LogP contribution in [0.5, 0.6) is 0 Å². The van der Waals surface area contributed by atoms with Crippen molar-refractivity contribution in [1.82, 2.24) is 0 Å². The van der Waals surface area contributed by atoms with Crippen molar-refractivity contribution in [3.63, 3.8) is 0 Å². The number of carbonyl (C=O) groups is 3. The molecule has 0 aromatic rings. The van der Waals surface area contributed by atoms with E-state index in [-0.39, 0.29) is 37.5 Å². The molecule has 0 radical (unpaired) electrons. The second-order valence-corrected chi connectivity index (χ2v) is 17.6. The molecule has 0 rings (SSSR count). The first-order chi connectivity index (χ1) is 32.5. The van der Waals surface area contributed by atoms with E-state index in [4.69, 9.17) is 14.2 Å². The standard InChI is InChI=1S/C60H98O6/c1-4-7-10-13-16-19-22-25-27-29-31-32-35-38-41-44-47-50-53-59(62)65-56-57(55-64-58(61)52-49-46-43-40-37-34-24-21-18-15-12-9-6-3)66-60(63)54-51-48-45-42-39-36-33-30-28-26-23-20-17-14-11-8-5-2/h9,12,15-16,18-19,21-22,24-25,27,29,31-32,34,37,40,43,57H,4-8,10-11,13-14,17,20,23,26,28,30,33,35-36,38-39,41-42,44-56H2,1-3H3/b12-9+,18-15+,19-16+,24-21+,25-22+,29-27+,32-31+,37-34+,43-40+. The third kappa shape index (κ3) is 51.1. The lowest BCUT2D eigenvalue weighted by Crippen LogP contribution is -2.30. The number of ether oxygens (including phenoxy) is 3. The van der Waals surface area contributed by atoms with Crippen LogP contribution in [0.3, 0.4) is 0 Å². The highest BCUT2D eigenvalue weighted by atomic mass is 16.6. The van der Waals surface area contributed by atoms with Gasteiger partial charge in [-0.05, 0) is 57.8 Å². The number of hydrogen-bond acceptors (Lipinski definition) is 6. The number of carbonyl (C=O) groups excluding carboxylic acids is 3. The van der Waals surface area contributed by atoms with E-state index in [0.29, 0.717) is 19.3 Å². The molecule has 0 aromatic heterocycles. The van der Waals surface area contributed by atoms with Gasteiger partial charge in [-0.15, -0.1) is 0 Å². The van der Waals surface area contributed by atoms with Gasteiger partial charge in [-0.25, -0.2) is 0 Å². The van der Waals surface area contributed by atoms with Gasteiger partial charge in [-0.3, -0.25) is 14.4 Å². The maximum atomic E-state index is 12.8.